The van der Waals surface area contributed by atoms with Crippen molar-refractivity contribution in [2.24, 2.45) is 17.1 Å². The molecule has 0 aromatic carbocycles. The lowest BCUT2D eigenvalue weighted by molar-refractivity contribution is -0.151. The Hall–Kier alpha value is -1.30. The average Bonchev–Trinajstić information content (AvgIpc) is 2.84. The molecule has 4 N–H and O–H groups in total. The summed E-state index contributed by atoms with van der Waals surface area (Å²) in [4.78, 5) is 25.3. The Balaban J connectivity index is 1.89. The SMILES string of the molecule is CC1CCC(CNC(=O)N2CCC(N)C2)(C(=O)O)CC1. The normalized spacial score (nSPS) is 34.0. The quantitative estimate of drug-likeness (QED) is 0.720. The lowest BCUT2D eigenvalue weighted by atomic mass is 9.71. The second-order valence-electron chi connectivity index (χ2n) is 6.42. The summed E-state index contributed by atoms with van der Waals surface area (Å²) in [5, 5.41) is 12.3. The van der Waals surface area contributed by atoms with E-state index in [9.17, 15) is 14.7 Å². The molecular weight excluding hydrogens is 258 g/mol. The van der Waals surface area contributed by atoms with Crippen molar-refractivity contribution in [2.75, 3.05) is 19.6 Å². The van der Waals surface area contributed by atoms with Gasteiger partial charge in [0.1, 0.15) is 0 Å². The van der Waals surface area contributed by atoms with Crippen LogP contribution in [0.15, 0.2) is 0 Å². The molecule has 0 radical (unpaired) electrons. The van der Waals surface area contributed by atoms with Gasteiger partial charge in [-0.2, -0.15) is 0 Å². The Morgan fingerprint density at radius 3 is 2.50 bits per heavy atom. The van der Waals surface area contributed by atoms with E-state index in [0.717, 1.165) is 19.3 Å². The zero-order chi connectivity index (χ0) is 14.8. The molecule has 1 aliphatic heterocycles. The summed E-state index contributed by atoms with van der Waals surface area (Å²) in [6.07, 6.45) is 3.93. The van der Waals surface area contributed by atoms with Crippen LogP contribution in [-0.4, -0.2) is 47.7 Å². The largest absolute Gasteiger partial charge is 0.481 e. The van der Waals surface area contributed by atoms with Gasteiger partial charge in [0.25, 0.3) is 0 Å². The molecule has 6 nitrogen and oxygen atoms in total. The molecule has 0 spiro atoms. The van der Waals surface area contributed by atoms with Gasteiger partial charge in [-0.3, -0.25) is 4.79 Å². The van der Waals surface area contributed by atoms with Crippen molar-refractivity contribution in [2.45, 2.75) is 45.1 Å². The van der Waals surface area contributed by atoms with Crippen molar-refractivity contribution >= 4 is 12.0 Å². The maximum Gasteiger partial charge on any atom is 0.317 e. The van der Waals surface area contributed by atoms with Gasteiger partial charge in [0, 0.05) is 25.7 Å². The minimum absolute atomic E-state index is 0.0460. The number of amides is 2. The van der Waals surface area contributed by atoms with Crippen LogP contribution in [0.3, 0.4) is 0 Å². The zero-order valence-corrected chi connectivity index (χ0v) is 12.1. The molecule has 0 aromatic heterocycles. The fourth-order valence-electron chi connectivity index (χ4n) is 3.11. The highest BCUT2D eigenvalue weighted by Crippen LogP contribution is 2.38. The van der Waals surface area contributed by atoms with Gasteiger partial charge in [0.2, 0.25) is 0 Å². The molecule has 0 bridgehead atoms. The first kappa shape index (κ1) is 15.1. The second-order valence-corrected chi connectivity index (χ2v) is 6.42. The first-order valence-electron chi connectivity index (χ1n) is 7.45. The van der Waals surface area contributed by atoms with Crippen molar-refractivity contribution in [3.05, 3.63) is 0 Å². The monoisotopic (exact) mass is 283 g/mol. The van der Waals surface area contributed by atoms with Gasteiger partial charge in [-0.1, -0.05) is 6.92 Å². The number of urea groups is 1. The number of aliphatic carboxylic acids is 1. The molecule has 1 heterocycles. The average molecular weight is 283 g/mol. The molecular formula is C14H25N3O3. The Morgan fingerprint density at radius 2 is 2.00 bits per heavy atom. The number of rotatable bonds is 3. The number of hydrogen-bond acceptors (Lipinski definition) is 3. The molecule has 1 unspecified atom stereocenters. The van der Waals surface area contributed by atoms with Gasteiger partial charge < -0.3 is 21.1 Å². The third-order valence-electron chi connectivity index (χ3n) is 4.77. The summed E-state index contributed by atoms with van der Waals surface area (Å²) in [5.74, 6) is -0.211. The third-order valence-corrected chi connectivity index (χ3v) is 4.77. The van der Waals surface area contributed by atoms with Crippen LogP contribution >= 0.6 is 0 Å². The highest BCUT2D eigenvalue weighted by atomic mass is 16.4. The molecule has 1 aliphatic carbocycles. The van der Waals surface area contributed by atoms with Crippen LogP contribution in [0.5, 0.6) is 0 Å². The number of carbonyl (C=O) groups is 2. The Bertz CT molecular complexity index is 378. The van der Waals surface area contributed by atoms with Crippen molar-refractivity contribution in [1.29, 1.82) is 0 Å². The number of carbonyl (C=O) groups excluding carboxylic acids is 1. The lowest BCUT2D eigenvalue weighted by Crippen LogP contribution is -2.48. The summed E-state index contributed by atoms with van der Waals surface area (Å²) in [7, 11) is 0. The van der Waals surface area contributed by atoms with E-state index in [1.165, 1.54) is 0 Å². The molecule has 6 heteroatoms. The van der Waals surface area contributed by atoms with Crippen molar-refractivity contribution in [3.8, 4) is 0 Å². The van der Waals surface area contributed by atoms with Crippen LogP contribution in [0.1, 0.15) is 39.0 Å². The first-order valence-corrected chi connectivity index (χ1v) is 7.45. The molecule has 114 valence electrons. The Labute approximate surface area is 119 Å². The summed E-state index contributed by atoms with van der Waals surface area (Å²) in [6, 6.07) is -0.137. The molecule has 1 atom stereocenters. The number of carboxylic acid groups (broad SMARTS) is 1. The van der Waals surface area contributed by atoms with E-state index >= 15 is 0 Å². The standard InChI is InChI=1S/C14H25N3O3/c1-10-2-5-14(6-3-10,12(18)19)9-16-13(20)17-7-4-11(15)8-17/h10-11H,2-9,15H2,1H3,(H,16,20)(H,18,19). The van der Waals surface area contributed by atoms with Gasteiger partial charge in [-0.05, 0) is 38.0 Å². The summed E-state index contributed by atoms with van der Waals surface area (Å²) in [6.45, 7) is 3.59. The van der Waals surface area contributed by atoms with E-state index in [0.29, 0.717) is 31.8 Å². The van der Waals surface area contributed by atoms with Gasteiger partial charge in [-0.25, -0.2) is 4.79 Å². The molecule has 0 aromatic rings. The van der Waals surface area contributed by atoms with Crippen LogP contribution in [0.25, 0.3) is 0 Å². The summed E-state index contributed by atoms with van der Waals surface area (Å²) in [5.41, 5.74) is 4.99. The van der Waals surface area contributed by atoms with Crippen LogP contribution in [0.2, 0.25) is 0 Å². The topological polar surface area (TPSA) is 95.7 Å². The smallest absolute Gasteiger partial charge is 0.317 e. The molecule has 20 heavy (non-hydrogen) atoms. The molecule has 1 saturated heterocycles. The Kier molecular flexibility index (Phi) is 4.52. The summed E-state index contributed by atoms with van der Waals surface area (Å²) < 4.78 is 0. The fourth-order valence-corrected chi connectivity index (χ4v) is 3.11. The predicted octanol–water partition coefficient (Wildman–Crippen LogP) is 1.01. The van der Waals surface area contributed by atoms with E-state index in [-0.39, 0.29) is 18.6 Å². The van der Waals surface area contributed by atoms with E-state index < -0.39 is 11.4 Å². The zero-order valence-electron chi connectivity index (χ0n) is 12.1. The van der Waals surface area contributed by atoms with Gasteiger partial charge in [-0.15, -0.1) is 0 Å². The number of likely N-dealkylation sites (tertiary alicyclic amines) is 1. The Morgan fingerprint density at radius 1 is 1.35 bits per heavy atom. The minimum atomic E-state index is -0.789. The lowest BCUT2D eigenvalue weighted by Gasteiger charge is -2.36. The highest BCUT2D eigenvalue weighted by molar-refractivity contribution is 5.78. The molecule has 2 aliphatic rings. The number of nitrogens with one attached hydrogen (secondary N) is 1. The third kappa shape index (κ3) is 3.23. The van der Waals surface area contributed by atoms with E-state index in [1.54, 1.807) is 4.90 Å². The minimum Gasteiger partial charge on any atom is -0.481 e. The fraction of sp³-hybridized carbons (Fsp3) is 0.857. The van der Waals surface area contributed by atoms with Crippen LogP contribution in [0, 0.1) is 11.3 Å². The predicted molar refractivity (Wildman–Crippen MR) is 75.3 cm³/mol. The van der Waals surface area contributed by atoms with Crippen molar-refractivity contribution < 1.29 is 14.7 Å². The van der Waals surface area contributed by atoms with E-state index in [2.05, 4.69) is 12.2 Å². The van der Waals surface area contributed by atoms with Gasteiger partial charge >= 0.3 is 12.0 Å². The van der Waals surface area contributed by atoms with Gasteiger partial charge in [0.05, 0.1) is 5.41 Å². The summed E-state index contributed by atoms with van der Waals surface area (Å²) >= 11 is 0. The molecule has 1 saturated carbocycles. The van der Waals surface area contributed by atoms with E-state index in [4.69, 9.17) is 5.73 Å². The van der Waals surface area contributed by atoms with Crippen LogP contribution < -0.4 is 11.1 Å². The number of nitrogens with two attached hydrogens (primary N) is 1. The van der Waals surface area contributed by atoms with Crippen molar-refractivity contribution in [1.82, 2.24) is 10.2 Å². The molecule has 2 rings (SSSR count). The van der Waals surface area contributed by atoms with Crippen molar-refractivity contribution in [3.63, 3.8) is 0 Å². The van der Waals surface area contributed by atoms with Crippen LogP contribution in [0.4, 0.5) is 4.79 Å². The highest BCUT2D eigenvalue weighted by Gasteiger charge is 2.41. The molecule has 2 amide bonds. The maximum atomic E-state index is 12.0. The number of carboxylic acids is 1. The van der Waals surface area contributed by atoms with E-state index in [1.807, 2.05) is 0 Å². The number of nitrogens with zero attached hydrogens (tertiary/aromatic N) is 1. The second kappa shape index (κ2) is 5.99. The first-order chi connectivity index (χ1) is 9.43. The van der Waals surface area contributed by atoms with Crippen LogP contribution in [-0.2, 0) is 4.79 Å². The molecule has 2 fully saturated rings. The number of hydrogen-bond donors (Lipinski definition) is 3. The maximum absolute atomic E-state index is 12.0. The van der Waals surface area contributed by atoms with Gasteiger partial charge in [0.15, 0.2) is 0 Å².